The van der Waals surface area contributed by atoms with Gasteiger partial charge in [0.15, 0.2) is 11.6 Å². The van der Waals surface area contributed by atoms with Crippen molar-refractivity contribution in [3.63, 3.8) is 0 Å². The number of benzene rings is 3. The molecule has 13 nitrogen and oxygen atoms in total. The molecule has 3 aromatic carbocycles. The molecule has 2 heterocycles. The molecule has 107 heavy (non-hydrogen) atoms. The van der Waals surface area contributed by atoms with Crippen molar-refractivity contribution in [3.05, 3.63) is 112 Å². The lowest BCUT2D eigenvalue weighted by Crippen LogP contribution is -2.65. The first-order valence-electron chi connectivity index (χ1n) is 35.2. The number of aliphatic hydroxyl groups is 4. The summed E-state index contributed by atoms with van der Waals surface area (Å²) in [6, 6.07) is 17.0. The van der Waals surface area contributed by atoms with Gasteiger partial charge in [0, 0.05) is 59.2 Å². The number of alkyl halides is 19. The molecule has 0 bridgehead atoms. The molecule has 33 heteroatoms. The van der Waals surface area contributed by atoms with Crippen LogP contribution in [0.4, 0.5) is 83.4 Å². The van der Waals surface area contributed by atoms with Crippen LogP contribution in [0, 0.1) is 45.3 Å². The first kappa shape index (κ1) is 81.2. The standard InChI is InChI=1S/C39H45F5O6.C35H38F14O7S/c1-33(2)21-49-36(50-22-33)17-14-30-31-27(13-16-35(30,46)20-36)29-15-18-37(47,38(40,41)39(42,43)44)34(29,3)19-28(31)25-9-5-23(6-10-25)24-7-11-26(12-8-24)32(45)48-4;1-25(2)16-54-28(55-17-25)12-9-23-24-20(8-11-27(23,50)15-28)22-10-13-29(51,30(36,37)33(42,43)44)26(22,3)14-21(24)18-4-6-19(7-5-18)56-57(52,53)35(48,49)32(40,41)31(38,39)34(45,46)47/h5-12,27-29,46-47H,13-22H2,1-4H3;4-7,20-22,50-51H,8-17H2,1-3H3/t27-,28?,29-,34-,35+,37-;20?,21-,22?,26+,27-,29+/m01/s1. The summed E-state index contributed by atoms with van der Waals surface area (Å²) in [5.74, 6) is -34.7. The molecule has 0 radical (unpaired) electrons. The Balaban J connectivity index is 0.000000202. The molecule has 13 rings (SSSR count). The first-order valence-corrected chi connectivity index (χ1v) is 36.6. The predicted molar refractivity (Wildman–Crippen MR) is 342 cm³/mol. The summed E-state index contributed by atoms with van der Waals surface area (Å²) >= 11 is 0. The number of allylic oxidation sites excluding steroid dienone is 2. The normalized spacial score (nSPS) is 34.3. The summed E-state index contributed by atoms with van der Waals surface area (Å²) in [4.78, 5) is 11.9. The van der Waals surface area contributed by atoms with Gasteiger partial charge < -0.3 is 48.3 Å². The number of methoxy groups -OCH3 is 1. The van der Waals surface area contributed by atoms with Gasteiger partial charge in [0.2, 0.25) is 0 Å². The van der Waals surface area contributed by atoms with E-state index in [1.54, 1.807) is 24.3 Å². The maximum Gasteiger partial charge on any atom is 0.460 e. The predicted octanol–water partition coefficient (Wildman–Crippen LogP) is 17.4. The van der Waals surface area contributed by atoms with Crippen LogP contribution in [0.3, 0.4) is 0 Å². The summed E-state index contributed by atoms with van der Waals surface area (Å²) in [5.41, 5.74) is -9.21. The van der Waals surface area contributed by atoms with Crippen molar-refractivity contribution in [3.8, 4) is 16.9 Å². The third-order valence-corrected chi connectivity index (χ3v) is 27.0. The SMILES string of the molecule is CC1(C)COC2(CCC3=C4C(CC[C@@]3(O)C2)C2CC[C@@](O)(C(F)(F)C(F)(F)F)[C@@]2(C)C[C@@H]4c2ccc(OS(=O)(=O)C(F)(F)C(F)(F)C(F)(F)C(F)(F)F)cc2)OC1.COC(=O)c1ccc(-c2ccc(C3C[C@@]4(C)[C@@H](CC[C@@]4(O)C(F)(F)C(F)(F)F)[C@@H]4CC[C@@]5(O)CC6(CCC5=C34)OCC(C)(C)CO6)cc2)cc1. The second kappa shape index (κ2) is 25.6. The van der Waals surface area contributed by atoms with Crippen LogP contribution in [0.25, 0.3) is 11.1 Å². The number of halogens is 19. The molecule has 8 aliphatic carbocycles. The second-order valence-electron chi connectivity index (χ2n) is 33.3. The number of ether oxygens (including phenoxy) is 5. The Morgan fingerprint density at radius 1 is 0.467 bits per heavy atom. The average molecular weight is 1570 g/mol. The topological polar surface area (TPSA) is 188 Å². The van der Waals surface area contributed by atoms with Gasteiger partial charge in [-0.1, -0.05) is 101 Å². The van der Waals surface area contributed by atoms with Crippen LogP contribution in [-0.2, 0) is 33.8 Å². The van der Waals surface area contributed by atoms with E-state index >= 15 is 17.6 Å². The van der Waals surface area contributed by atoms with Gasteiger partial charge >= 0.3 is 63.6 Å². The van der Waals surface area contributed by atoms with Gasteiger partial charge in [0.25, 0.3) is 0 Å². The lowest BCUT2D eigenvalue weighted by molar-refractivity contribution is -0.382. The Kier molecular flexibility index (Phi) is 19.4. The van der Waals surface area contributed by atoms with Crippen LogP contribution in [0.15, 0.2) is 95.1 Å². The molecule has 596 valence electrons. The van der Waals surface area contributed by atoms with Gasteiger partial charge in [-0.05, 0) is 158 Å². The molecule has 8 fully saturated rings. The van der Waals surface area contributed by atoms with Crippen molar-refractivity contribution in [2.45, 2.75) is 238 Å². The summed E-state index contributed by atoms with van der Waals surface area (Å²) in [6.07, 6.45) is -20.1. The first-order chi connectivity index (χ1) is 48.8. The summed E-state index contributed by atoms with van der Waals surface area (Å²) in [6.45, 7) is 11.9. The van der Waals surface area contributed by atoms with Crippen molar-refractivity contribution in [1.29, 1.82) is 0 Å². The van der Waals surface area contributed by atoms with Crippen molar-refractivity contribution in [2.24, 2.45) is 45.3 Å². The number of fused-ring (bicyclic) bond motifs is 8. The highest BCUT2D eigenvalue weighted by Crippen LogP contribution is 2.74. The van der Waals surface area contributed by atoms with Crippen molar-refractivity contribution >= 4 is 16.1 Å². The zero-order valence-electron chi connectivity index (χ0n) is 59.1. The highest BCUT2D eigenvalue weighted by molar-refractivity contribution is 7.88. The Hall–Kier alpha value is -5.29. The van der Waals surface area contributed by atoms with Crippen molar-refractivity contribution < 1.29 is 145 Å². The van der Waals surface area contributed by atoms with Crippen LogP contribution in [-0.4, -0.2) is 150 Å². The molecule has 3 unspecified atom stereocenters. The molecular formula is C74H83F19O13S. The molecule has 2 saturated heterocycles. The van der Waals surface area contributed by atoms with E-state index in [0.717, 1.165) is 41.3 Å². The molecular weight excluding hydrogens is 1490 g/mol. The zero-order valence-corrected chi connectivity index (χ0v) is 59.9. The Bertz CT molecular complexity index is 4080. The van der Waals surface area contributed by atoms with Gasteiger partial charge in [0.05, 0.1) is 50.3 Å². The molecule has 6 saturated carbocycles. The van der Waals surface area contributed by atoms with E-state index in [4.69, 9.17) is 23.7 Å². The van der Waals surface area contributed by atoms with Crippen molar-refractivity contribution in [1.82, 2.24) is 0 Å². The highest BCUT2D eigenvalue weighted by Gasteiger charge is 2.87. The van der Waals surface area contributed by atoms with Gasteiger partial charge in [-0.15, -0.1) is 0 Å². The maximum atomic E-state index is 15.4. The lowest BCUT2D eigenvalue weighted by atomic mass is 9.49. The number of carbonyl (C=O) groups is 1. The maximum absolute atomic E-state index is 15.4. The van der Waals surface area contributed by atoms with Crippen LogP contribution in [0.1, 0.15) is 178 Å². The fourth-order valence-electron chi connectivity index (χ4n) is 19.9. The quantitative estimate of drug-likeness (QED) is 0.0615. The molecule has 10 aliphatic rings. The Labute approximate surface area is 604 Å². The molecule has 2 aliphatic heterocycles. The second-order valence-corrected chi connectivity index (χ2v) is 34.9. The van der Waals surface area contributed by atoms with E-state index in [1.165, 1.54) is 14.0 Å². The minimum Gasteiger partial charge on any atom is -0.465 e. The molecule has 3 aromatic rings. The minimum atomic E-state index is -7.58. The summed E-state index contributed by atoms with van der Waals surface area (Å²) in [7, 11) is -6.03. The van der Waals surface area contributed by atoms with Crippen molar-refractivity contribution in [2.75, 3.05) is 33.5 Å². The third-order valence-electron chi connectivity index (χ3n) is 25.7. The molecule has 0 aromatic heterocycles. The monoisotopic (exact) mass is 1570 g/mol. The smallest absolute Gasteiger partial charge is 0.460 e. The summed E-state index contributed by atoms with van der Waals surface area (Å²) < 4.78 is 325. The van der Waals surface area contributed by atoms with Gasteiger partial charge in [-0.25, -0.2) is 4.79 Å². The number of hydrogen-bond donors (Lipinski definition) is 4. The zero-order chi connectivity index (χ0) is 79.2. The van der Waals surface area contributed by atoms with Gasteiger partial charge in [0.1, 0.15) is 17.0 Å². The highest BCUT2D eigenvalue weighted by atomic mass is 32.2. The van der Waals surface area contributed by atoms with Crippen LogP contribution < -0.4 is 4.18 Å². The van der Waals surface area contributed by atoms with E-state index < -0.39 is 163 Å². The van der Waals surface area contributed by atoms with Crippen LogP contribution in [0.2, 0.25) is 0 Å². The van der Waals surface area contributed by atoms with Gasteiger partial charge in [-0.2, -0.15) is 91.8 Å². The molecule has 2 spiro atoms. The van der Waals surface area contributed by atoms with E-state index in [2.05, 4.69) is 4.18 Å². The van der Waals surface area contributed by atoms with Crippen LogP contribution >= 0.6 is 0 Å². The average Bonchev–Trinajstić information content (AvgIpc) is 1.57. The fraction of sp³-hybridized carbons (Fsp3) is 0.689. The van der Waals surface area contributed by atoms with Gasteiger partial charge in [-0.3, -0.25) is 0 Å². The van der Waals surface area contributed by atoms with Crippen LogP contribution in [0.5, 0.6) is 5.75 Å². The largest absolute Gasteiger partial charge is 0.465 e. The molecule has 12 atom stereocenters. The number of esters is 1. The van der Waals surface area contributed by atoms with E-state index in [0.29, 0.717) is 73.3 Å². The number of rotatable bonds is 11. The third kappa shape index (κ3) is 12.5. The van der Waals surface area contributed by atoms with E-state index in [1.807, 2.05) is 52.0 Å². The van der Waals surface area contributed by atoms with E-state index in [9.17, 15) is 99.5 Å². The molecule has 4 N–H and O–H groups in total. The Morgan fingerprint density at radius 2 is 0.822 bits per heavy atom. The number of carbonyl (C=O) groups excluding carboxylic acids is 1. The lowest BCUT2D eigenvalue weighted by Gasteiger charge is -2.59. The fourth-order valence-corrected chi connectivity index (χ4v) is 20.8. The summed E-state index contributed by atoms with van der Waals surface area (Å²) in [5, 5.41) is 40.5. The molecule has 0 amide bonds. The minimum absolute atomic E-state index is 0.0153. The Morgan fingerprint density at radius 3 is 1.17 bits per heavy atom. The van der Waals surface area contributed by atoms with E-state index in [-0.39, 0.29) is 93.3 Å². The number of hydrogen-bond acceptors (Lipinski definition) is 13.